The molecule has 2 saturated carbocycles. The maximum atomic E-state index is 13.7. The summed E-state index contributed by atoms with van der Waals surface area (Å²) in [5, 5.41) is 19.5. The van der Waals surface area contributed by atoms with Crippen LogP contribution in [-0.4, -0.2) is 69.6 Å². The molecule has 2 amide bonds. The summed E-state index contributed by atoms with van der Waals surface area (Å²) in [6.45, 7) is 7.42. The van der Waals surface area contributed by atoms with Crippen molar-refractivity contribution in [3.05, 3.63) is 106 Å². The average Bonchev–Trinajstić information content (AvgIpc) is 4.08. The highest BCUT2D eigenvalue weighted by Crippen LogP contribution is 2.43. The van der Waals surface area contributed by atoms with E-state index in [0.717, 1.165) is 97.2 Å². The van der Waals surface area contributed by atoms with Crippen molar-refractivity contribution in [2.75, 3.05) is 30.4 Å². The molecule has 0 radical (unpaired) electrons. The van der Waals surface area contributed by atoms with Crippen LogP contribution < -0.4 is 16.0 Å². The van der Waals surface area contributed by atoms with Crippen LogP contribution in [0.15, 0.2) is 60.9 Å². The minimum absolute atomic E-state index is 0.247. The molecule has 0 unspecified atom stereocenters. The standard InChI is InChI=1S/C43H48N6O5/c1-25-32(7-5-9-36(25)47-41(50)38-17-34(27-12-13-27)29(20-45-38)19-44-31-23-54-24-31)33-8-6-10-37(26(33)2)48-42(51)39-18-35(28-14-15-28)30(21-46-39)22-49-16-4-3-11-40(49)43(52)53/h5-10,17-18,20-21,27-28,31,40,44H,3-4,11-16,19,22-24H2,1-2H3,(H,47,50)(H,48,51)(H,52,53)/t40-/m0/s1. The Morgan fingerprint density at radius 3 is 1.85 bits per heavy atom. The molecule has 2 aromatic carbocycles. The van der Waals surface area contributed by atoms with Crippen molar-refractivity contribution in [2.24, 2.45) is 0 Å². The molecule has 4 aromatic rings. The predicted molar refractivity (Wildman–Crippen MR) is 207 cm³/mol. The van der Waals surface area contributed by atoms with Gasteiger partial charge in [0.05, 0.1) is 19.3 Å². The van der Waals surface area contributed by atoms with Crippen molar-refractivity contribution in [3.8, 4) is 11.1 Å². The molecule has 11 nitrogen and oxygen atoms in total. The number of nitrogens with zero attached hydrogens (tertiary/aromatic N) is 3. The van der Waals surface area contributed by atoms with E-state index >= 15 is 0 Å². The third kappa shape index (κ3) is 7.80. The number of carbonyl (C=O) groups is 3. The first-order valence-corrected chi connectivity index (χ1v) is 19.3. The number of aliphatic carboxylic acids is 1. The van der Waals surface area contributed by atoms with Gasteiger partial charge in [-0.2, -0.15) is 0 Å². The number of nitrogens with one attached hydrogen (secondary N) is 3. The number of carboxylic acid groups (broad SMARTS) is 1. The number of benzene rings is 2. The quantitative estimate of drug-likeness (QED) is 0.115. The largest absolute Gasteiger partial charge is 0.480 e. The molecule has 8 rings (SSSR count). The van der Waals surface area contributed by atoms with Crippen LogP contribution >= 0.6 is 0 Å². The molecule has 11 heteroatoms. The number of hydrogen-bond donors (Lipinski definition) is 4. The molecule has 2 aromatic heterocycles. The second-order valence-electron chi connectivity index (χ2n) is 15.4. The van der Waals surface area contributed by atoms with E-state index in [9.17, 15) is 19.5 Å². The second kappa shape index (κ2) is 15.4. The smallest absolute Gasteiger partial charge is 0.320 e. The highest BCUT2D eigenvalue weighted by molar-refractivity contribution is 6.05. The molecule has 1 atom stereocenters. The summed E-state index contributed by atoms with van der Waals surface area (Å²) in [4.78, 5) is 50.3. The first-order valence-electron chi connectivity index (χ1n) is 19.3. The maximum absolute atomic E-state index is 13.7. The second-order valence-corrected chi connectivity index (χ2v) is 15.4. The number of amides is 2. The third-order valence-corrected chi connectivity index (χ3v) is 11.5. The normalized spacial score (nSPS) is 18.9. The number of carbonyl (C=O) groups excluding carboxylic acids is 2. The van der Waals surface area contributed by atoms with Gasteiger partial charge in [-0.15, -0.1) is 0 Å². The molecule has 54 heavy (non-hydrogen) atoms. The summed E-state index contributed by atoms with van der Waals surface area (Å²) >= 11 is 0. The highest BCUT2D eigenvalue weighted by Gasteiger charge is 2.33. The monoisotopic (exact) mass is 728 g/mol. The lowest BCUT2D eigenvalue weighted by Gasteiger charge is -2.33. The summed E-state index contributed by atoms with van der Waals surface area (Å²) in [5.74, 6) is -0.472. The van der Waals surface area contributed by atoms with Crippen molar-refractivity contribution in [2.45, 2.75) is 95.8 Å². The molecule has 2 saturated heterocycles. The van der Waals surface area contributed by atoms with Gasteiger partial charge in [0.1, 0.15) is 17.4 Å². The lowest BCUT2D eigenvalue weighted by molar-refractivity contribution is -0.144. The van der Waals surface area contributed by atoms with Gasteiger partial charge in [-0.05, 0) is 140 Å². The van der Waals surface area contributed by atoms with E-state index in [1.165, 1.54) is 5.56 Å². The van der Waals surface area contributed by atoms with Crippen LogP contribution in [0.25, 0.3) is 11.1 Å². The number of piperidine rings is 1. The minimum Gasteiger partial charge on any atom is -0.480 e. The number of rotatable bonds is 13. The van der Waals surface area contributed by atoms with E-state index in [1.54, 1.807) is 6.20 Å². The Morgan fingerprint density at radius 1 is 0.778 bits per heavy atom. The Kier molecular flexibility index (Phi) is 10.3. The van der Waals surface area contributed by atoms with Crippen molar-refractivity contribution in [1.82, 2.24) is 20.2 Å². The van der Waals surface area contributed by atoms with E-state index in [4.69, 9.17) is 4.74 Å². The Labute approximate surface area is 315 Å². The first-order chi connectivity index (χ1) is 26.2. The third-order valence-electron chi connectivity index (χ3n) is 11.5. The molecule has 280 valence electrons. The van der Waals surface area contributed by atoms with Crippen LogP contribution in [-0.2, 0) is 22.6 Å². The Hall–Kier alpha value is -4.97. The number of likely N-dealkylation sites (tertiary alicyclic amines) is 1. The first kappa shape index (κ1) is 36.0. The molecule has 0 bridgehead atoms. The lowest BCUT2D eigenvalue weighted by atomic mass is 9.94. The van der Waals surface area contributed by atoms with E-state index in [-0.39, 0.29) is 11.8 Å². The van der Waals surface area contributed by atoms with Gasteiger partial charge in [0.25, 0.3) is 11.8 Å². The van der Waals surface area contributed by atoms with Crippen molar-refractivity contribution >= 4 is 29.2 Å². The van der Waals surface area contributed by atoms with E-state index in [0.29, 0.717) is 60.2 Å². The number of pyridine rings is 2. The number of hydrogen-bond acceptors (Lipinski definition) is 8. The lowest BCUT2D eigenvalue weighted by Crippen LogP contribution is -2.45. The number of ether oxygens (including phenoxy) is 1. The summed E-state index contributed by atoms with van der Waals surface area (Å²) in [6.07, 6.45) is 10.5. The fourth-order valence-electron chi connectivity index (χ4n) is 7.86. The van der Waals surface area contributed by atoms with Gasteiger partial charge in [-0.3, -0.25) is 29.3 Å². The summed E-state index contributed by atoms with van der Waals surface area (Å²) in [6, 6.07) is 15.4. The van der Waals surface area contributed by atoms with Crippen molar-refractivity contribution in [3.63, 3.8) is 0 Å². The van der Waals surface area contributed by atoms with Crippen LogP contribution in [0, 0.1) is 13.8 Å². The number of carboxylic acids is 1. The van der Waals surface area contributed by atoms with E-state index < -0.39 is 12.0 Å². The van der Waals surface area contributed by atoms with Crippen LogP contribution in [0.3, 0.4) is 0 Å². The molecular weight excluding hydrogens is 681 g/mol. The molecule has 4 N–H and O–H groups in total. The van der Waals surface area contributed by atoms with Gasteiger partial charge in [0.15, 0.2) is 0 Å². The predicted octanol–water partition coefficient (Wildman–Crippen LogP) is 6.95. The van der Waals surface area contributed by atoms with Crippen LogP contribution in [0.5, 0.6) is 0 Å². The zero-order chi connectivity index (χ0) is 37.3. The van der Waals surface area contributed by atoms with Gasteiger partial charge in [-0.25, -0.2) is 0 Å². The number of aromatic nitrogens is 2. The van der Waals surface area contributed by atoms with Crippen molar-refractivity contribution < 1.29 is 24.2 Å². The minimum atomic E-state index is -0.777. The van der Waals surface area contributed by atoms with Gasteiger partial charge in [-0.1, -0.05) is 30.7 Å². The SMILES string of the molecule is Cc1c(NC(=O)c2cc(C3CC3)c(CNC3COC3)cn2)cccc1-c1cccc(NC(=O)c2cc(C3CC3)c(CN3CCCC[C@H]3C(=O)O)cn2)c1C. The van der Waals surface area contributed by atoms with Gasteiger partial charge in [0, 0.05) is 36.9 Å². The molecule has 0 spiro atoms. The summed E-state index contributed by atoms with van der Waals surface area (Å²) in [5.41, 5.74) is 10.3. The van der Waals surface area contributed by atoms with Gasteiger partial charge < -0.3 is 25.8 Å². The molecule has 2 aliphatic heterocycles. The molecule has 2 aliphatic carbocycles. The van der Waals surface area contributed by atoms with E-state index in [2.05, 4.69) is 25.9 Å². The number of anilines is 2. The molecule has 4 fully saturated rings. The zero-order valence-electron chi connectivity index (χ0n) is 31.0. The summed E-state index contributed by atoms with van der Waals surface area (Å²) in [7, 11) is 0. The summed E-state index contributed by atoms with van der Waals surface area (Å²) < 4.78 is 5.29. The Balaban J connectivity index is 0.975. The molecular formula is C43H48N6O5. The molecule has 4 aliphatic rings. The van der Waals surface area contributed by atoms with E-state index in [1.807, 2.05) is 73.5 Å². The zero-order valence-corrected chi connectivity index (χ0v) is 31.0. The average molecular weight is 729 g/mol. The topological polar surface area (TPSA) is 146 Å². The van der Waals surface area contributed by atoms with Crippen molar-refractivity contribution in [1.29, 1.82) is 0 Å². The van der Waals surface area contributed by atoms with Crippen LogP contribution in [0.1, 0.15) is 111 Å². The van der Waals surface area contributed by atoms with Crippen LogP contribution in [0.4, 0.5) is 11.4 Å². The Morgan fingerprint density at radius 2 is 1.33 bits per heavy atom. The fraction of sp³-hybridized carbons (Fsp3) is 0.419. The molecule has 4 heterocycles. The fourth-order valence-corrected chi connectivity index (χ4v) is 7.86. The van der Waals surface area contributed by atoms with Gasteiger partial charge >= 0.3 is 5.97 Å². The highest BCUT2D eigenvalue weighted by atomic mass is 16.5. The Bertz CT molecular complexity index is 2090. The van der Waals surface area contributed by atoms with Gasteiger partial charge in [0.2, 0.25) is 0 Å². The maximum Gasteiger partial charge on any atom is 0.320 e. The van der Waals surface area contributed by atoms with Crippen LogP contribution in [0.2, 0.25) is 0 Å².